The Hall–Kier alpha value is -3.63. The molecule has 6 nitrogen and oxygen atoms in total. The Bertz CT molecular complexity index is 1060. The summed E-state index contributed by atoms with van der Waals surface area (Å²) in [6.07, 6.45) is 2.83. The number of furan rings is 1. The van der Waals surface area contributed by atoms with Crippen LogP contribution < -0.4 is 10.1 Å². The minimum Gasteiger partial charge on any atom is -0.457 e. The zero-order valence-corrected chi connectivity index (χ0v) is 16.0. The fourth-order valence-corrected chi connectivity index (χ4v) is 2.64. The molecule has 138 valence electrons. The first kappa shape index (κ1) is 19.1. The van der Waals surface area contributed by atoms with Crippen LogP contribution in [0.5, 0.6) is 5.75 Å². The van der Waals surface area contributed by atoms with Crippen molar-refractivity contribution in [1.82, 2.24) is 0 Å². The van der Waals surface area contributed by atoms with Gasteiger partial charge in [-0.05, 0) is 64.0 Å². The molecule has 1 amide bonds. The van der Waals surface area contributed by atoms with Crippen LogP contribution in [0.1, 0.15) is 16.1 Å². The molecule has 0 bridgehead atoms. The van der Waals surface area contributed by atoms with Crippen molar-refractivity contribution in [1.29, 1.82) is 5.26 Å². The molecule has 0 aliphatic rings. The van der Waals surface area contributed by atoms with Crippen LogP contribution in [0.2, 0.25) is 0 Å². The Morgan fingerprint density at radius 1 is 1.07 bits per heavy atom. The largest absolute Gasteiger partial charge is 0.457 e. The summed E-state index contributed by atoms with van der Waals surface area (Å²) in [5, 5.41) is 12.0. The van der Waals surface area contributed by atoms with Crippen molar-refractivity contribution in [3.05, 3.63) is 88.3 Å². The quantitative estimate of drug-likeness (QED) is 0.268. The highest BCUT2D eigenvalue weighted by atomic mass is 79.9. The number of hydrogen-bond donors (Lipinski definition) is 1. The normalized spacial score (nSPS) is 10.8. The molecule has 3 rings (SSSR count). The fourth-order valence-electron chi connectivity index (χ4n) is 2.25. The van der Waals surface area contributed by atoms with Crippen LogP contribution in [-0.4, -0.2) is 11.9 Å². The molecule has 28 heavy (non-hydrogen) atoms. The summed E-state index contributed by atoms with van der Waals surface area (Å²) in [5.41, 5.74) is 1.11. The molecule has 0 atom stereocenters. The van der Waals surface area contributed by atoms with E-state index < -0.39 is 11.9 Å². The van der Waals surface area contributed by atoms with Gasteiger partial charge >= 0.3 is 5.97 Å². The zero-order valence-electron chi connectivity index (χ0n) is 14.4. The van der Waals surface area contributed by atoms with E-state index in [1.165, 1.54) is 18.4 Å². The number of carbonyl (C=O) groups is 2. The van der Waals surface area contributed by atoms with Crippen LogP contribution in [0.3, 0.4) is 0 Å². The summed E-state index contributed by atoms with van der Waals surface area (Å²) >= 11 is 3.34. The summed E-state index contributed by atoms with van der Waals surface area (Å²) in [5.74, 6) is -0.726. The molecule has 0 aliphatic carbocycles. The van der Waals surface area contributed by atoms with E-state index in [-0.39, 0.29) is 11.3 Å². The van der Waals surface area contributed by atoms with E-state index in [9.17, 15) is 14.9 Å². The van der Waals surface area contributed by atoms with Crippen LogP contribution >= 0.6 is 15.9 Å². The average Bonchev–Trinajstić information content (AvgIpc) is 3.24. The number of nitrogens with zero attached hydrogens (tertiary/aromatic N) is 1. The monoisotopic (exact) mass is 436 g/mol. The molecule has 1 aromatic heterocycles. The minimum absolute atomic E-state index is 0.0592. The fraction of sp³-hybridized carbons (Fsp3) is 0. The average molecular weight is 437 g/mol. The van der Waals surface area contributed by atoms with E-state index in [0.717, 1.165) is 0 Å². The second-order valence-electron chi connectivity index (χ2n) is 5.54. The maximum atomic E-state index is 12.3. The van der Waals surface area contributed by atoms with Crippen LogP contribution in [-0.2, 0) is 4.79 Å². The number of ether oxygens (including phenoxy) is 1. The van der Waals surface area contributed by atoms with E-state index >= 15 is 0 Å². The second kappa shape index (κ2) is 8.84. The number of nitrogens with one attached hydrogen (secondary N) is 1. The summed E-state index contributed by atoms with van der Waals surface area (Å²) in [6, 6.07) is 18.5. The molecule has 0 saturated carbocycles. The summed E-state index contributed by atoms with van der Waals surface area (Å²) in [7, 11) is 0. The SMILES string of the molecule is N#C/C(=C\c1ccc(OC(=O)c2ccco2)cc1)C(=O)Nc1ccccc1Br. The van der Waals surface area contributed by atoms with Gasteiger partial charge in [-0.15, -0.1) is 0 Å². The number of halogens is 1. The van der Waals surface area contributed by atoms with Gasteiger partial charge in [0.2, 0.25) is 5.76 Å². The first-order chi connectivity index (χ1) is 13.6. The molecule has 7 heteroatoms. The highest BCUT2D eigenvalue weighted by molar-refractivity contribution is 9.10. The number of rotatable bonds is 5. The Morgan fingerprint density at radius 2 is 1.82 bits per heavy atom. The lowest BCUT2D eigenvalue weighted by Crippen LogP contribution is -2.13. The number of anilines is 1. The Labute approximate surface area is 169 Å². The standard InChI is InChI=1S/C21H13BrN2O4/c22-17-4-1-2-5-18(17)24-20(25)15(13-23)12-14-7-9-16(10-8-14)28-21(26)19-6-3-11-27-19/h1-12H,(H,24,25)/b15-12+. The first-order valence-corrected chi connectivity index (χ1v) is 8.89. The van der Waals surface area contributed by atoms with E-state index in [0.29, 0.717) is 21.5 Å². The topological polar surface area (TPSA) is 92.3 Å². The molecule has 3 aromatic rings. The molecule has 0 aliphatic heterocycles. The second-order valence-corrected chi connectivity index (χ2v) is 6.39. The number of hydrogen-bond acceptors (Lipinski definition) is 5. The maximum Gasteiger partial charge on any atom is 0.379 e. The number of carbonyl (C=O) groups excluding carboxylic acids is 2. The van der Waals surface area contributed by atoms with E-state index in [1.807, 2.05) is 12.1 Å². The molecule has 0 radical (unpaired) electrons. The third kappa shape index (κ3) is 4.75. The van der Waals surface area contributed by atoms with Gasteiger partial charge in [0.15, 0.2) is 0 Å². The van der Waals surface area contributed by atoms with Gasteiger partial charge < -0.3 is 14.5 Å². The van der Waals surface area contributed by atoms with Crippen molar-refractivity contribution < 1.29 is 18.7 Å². The van der Waals surface area contributed by atoms with Gasteiger partial charge in [-0.2, -0.15) is 5.26 Å². The van der Waals surface area contributed by atoms with Gasteiger partial charge in [0.25, 0.3) is 5.91 Å². The number of esters is 1. The minimum atomic E-state index is -0.612. The molecule has 0 fully saturated rings. The Balaban J connectivity index is 1.70. The van der Waals surface area contributed by atoms with Crippen molar-refractivity contribution in [2.24, 2.45) is 0 Å². The van der Waals surface area contributed by atoms with E-state index in [1.54, 1.807) is 48.5 Å². The van der Waals surface area contributed by atoms with Crippen LogP contribution in [0.4, 0.5) is 5.69 Å². The molecular weight excluding hydrogens is 424 g/mol. The van der Waals surface area contributed by atoms with Gasteiger partial charge in [-0.25, -0.2) is 4.79 Å². The van der Waals surface area contributed by atoms with Crippen LogP contribution in [0.25, 0.3) is 6.08 Å². The Kier molecular flexibility index (Phi) is 6.04. The molecule has 0 unspecified atom stereocenters. The summed E-state index contributed by atoms with van der Waals surface area (Å²) < 4.78 is 10.9. The summed E-state index contributed by atoms with van der Waals surface area (Å²) in [4.78, 5) is 24.2. The zero-order chi connectivity index (χ0) is 19.9. The first-order valence-electron chi connectivity index (χ1n) is 8.10. The third-order valence-electron chi connectivity index (χ3n) is 3.61. The number of nitriles is 1. The Morgan fingerprint density at radius 3 is 2.46 bits per heavy atom. The van der Waals surface area contributed by atoms with Crippen molar-refractivity contribution in [3.8, 4) is 11.8 Å². The van der Waals surface area contributed by atoms with Crippen LogP contribution in [0, 0.1) is 11.3 Å². The predicted molar refractivity (Wildman–Crippen MR) is 106 cm³/mol. The van der Waals surface area contributed by atoms with Crippen molar-refractivity contribution in [2.75, 3.05) is 5.32 Å². The van der Waals surface area contributed by atoms with Gasteiger partial charge in [-0.1, -0.05) is 24.3 Å². The van der Waals surface area contributed by atoms with Gasteiger partial charge in [-0.3, -0.25) is 4.79 Å². The number of benzene rings is 2. The lowest BCUT2D eigenvalue weighted by atomic mass is 10.1. The molecule has 1 N–H and O–H groups in total. The van der Waals surface area contributed by atoms with Crippen molar-refractivity contribution >= 4 is 39.6 Å². The van der Waals surface area contributed by atoms with E-state index in [4.69, 9.17) is 9.15 Å². The molecular formula is C21H13BrN2O4. The highest BCUT2D eigenvalue weighted by Gasteiger charge is 2.13. The smallest absolute Gasteiger partial charge is 0.379 e. The van der Waals surface area contributed by atoms with Gasteiger partial charge in [0, 0.05) is 4.47 Å². The van der Waals surface area contributed by atoms with Gasteiger partial charge in [0.05, 0.1) is 12.0 Å². The third-order valence-corrected chi connectivity index (χ3v) is 4.30. The van der Waals surface area contributed by atoms with Crippen molar-refractivity contribution in [2.45, 2.75) is 0 Å². The van der Waals surface area contributed by atoms with Crippen molar-refractivity contribution in [3.63, 3.8) is 0 Å². The highest BCUT2D eigenvalue weighted by Crippen LogP contribution is 2.22. The van der Waals surface area contributed by atoms with Gasteiger partial charge in [0.1, 0.15) is 17.4 Å². The molecule has 0 spiro atoms. The predicted octanol–water partition coefficient (Wildman–Crippen LogP) is 4.81. The lowest BCUT2D eigenvalue weighted by Gasteiger charge is -2.06. The maximum absolute atomic E-state index is 12.3. The summed E-state index contributed by atoms with van der Waals surface area (Å²) in [6.45, 7) is 0. The number of amides is 1. The molecule has 0 saturated heterocycles. The van der Waals surface area contributed by atoms with E-state index in [2.05, 4.69) is 21.2 Å². The lowest BCUT2D eigenvalue weighted by molar-refractivity contribution is -0.112. The molecule has 2 aromatic carbocycles. The number of para-hydroxylation sites is 1. The van der Waals surface area contributed by atoms with Crippen LogP contribution in [0.15, 0.2) is 81.4 Å². The molecule has 1 heterocycles.